The summed E-state index contributed by atoms with van der Waals surface area (Å²) in [5.74, 6) is 1.18. The molecule has 0 spiro atoms. The molecule has 0 saturated carbocycles. The zero-order valence-electron chi connectivity index (χ0n) is 23.1. The van der Waals surface area contributed by atoms with E-state index in [1.807, 2.05) is 12.3 Å². The first kappa shape index (κ1) is 25.2. The van der Waals surface area contributed by atoms with Crippen molar-refractivity contribution >= 4 is 32.4 Å². The maximum absolute atomic E-state index is 6.78. The van der Waals surface area contributed by atoms with Crippen LogP contribution in [-0.2, 0) is 11.3 Å². The molecule has 5 aromatic rings. The van der Waals surface area contributed by atoms with Crippen molar-refractivity contribution in [2.75, 3.05) is 19.7 Å². The van der Waals surface area contributed by atoms with Crippen LogP contribution >= 0.6 is 0 Å². The molecule has 3 fully saturated rings. The van der Waals surface area contributed by atoms with E-state index in [0.29, 0.717) is 24.5 Å². The van der Waals surface area contributed by atoms with Gasteiger partial charge < -0.3 is 9.22 Å². The van der Waals surface area contributed by atoms with E-state index >= 15 is 0 Å². The average molecular weight is 526 g/mol. The molecule has 3 aliphatic rings. The maximum Gasteiger partial charge on any atom is 0.135 e. The number of piperidine rings is 3. The van der Waals surface area contributed by atoms with Crippen LogP contribution in [0.15, 0.2) is 116 Å². The Morgan fingerprint density at radius 1 is 0.900 bits per heavy atom. The molecule has 4 heterocycles. The van der Waals surface area contributed by atoms with Gasteiger partial charge in [0.15, 0.2) is 0 Å². The zero-order chi connectivity index (χ0) is 27.1. The summed E-state index contributed by atoms with van der Waals surface area (Å²) in [7, 11) is 0. The van der Waals surface area contributed by atoms with Gasteiger partial charge in [0, 0.05) is 35.9 Å². The van der Waals surface area contributed by atoms with Crippen LogP contribution in [0.3, 0.4) is 0 Å². The molecule has 0 amide bonds. The number of para-hydroxylation sites is 1. The molecule has 3 heteroatoms. The van der Waals surface area contributed by atoms with Crippen molar-refractivity contribution in [2.45, 2.75) is 31.5 Å². The van der Waals surface area contributed by atoms with Crippen LogP contribution < -0.4 is 0 Å². The van der Waals surface area contributed by atoms with Gasteiger partial charge in [0.2, 0.25) is 0 Å². The number of benzene rings is 4. The average Bonchev–Trinajstić information content (AvgIpc) is 3.01. The Balaban J connectivity index is 1.39. The Morgan fingerprint density at radius 2 is 1.65 bits per heavy atom. The van der Waals surface area contributed by atoms with Crippen molar-refractivity contribution in [2.24, 2.45) is 11.8 Å². The summed E-state index contributed by atoms with van der Waals surface area (Å²) >= 11 is 0. The van der Waals surface area contributed by atoms with Crippen LogP contribution in [0.2, 0.25) is 0 Å². The lowest BCUT2D eigenvalue weighted by atomic mass is 9.71. The Hall–Kier alpha value is -3.79. The highest BCUT2D eigenvalue weighted by atomic mass is 16.5. The molecule has 3 saturated heterocycles. The SMILES string of the molecule is C=CCO[C@H](c1ccnc2ccccc12)C1CC2CC[N+]1(Cc1cc3ccccc3c3ccccc13)CC2C=C. The van der Waals surface area contributed by atoms with Crippen LogP contribution in [0.1, 0.15) is 30.1 Å². The highest BCUT2D eigenvalue weighted by Crippen LogP contribution is 2.49. The second-order valence-corrected chi connectivity index (χ2v) is 11.8. The Bertz CT molecular complexity index is 1720. The van der Waals surface area contributed by atoms with Crippen molar-refractivity contribution in [1.29, 1.82) is 0 Å². The number of nitrogens with zero attached hydrogens (tertiary/aromatic N) is 2. The molecule has 3 nitrogen and oxygen atoms in total. The van der Waals surface area contributed by atoms with Crippen molar-refractivity contribution in [3.05, 3.63) is 128 Å². The van der Waals surface area contributed by atoms with E-state index in [2.05, 4.69) is 109 Å². The largest absolute Gasteiger partial charge is 0.363 e. The molecule has 0 radical (unpaired) electrons. The Kier molecular flexibility index (Phi) is 6.50. The number of hydrogen-bond donors (Lipinski definition) is 0. The van der Waals surface area contributed by atoms with Crippen molar-refractivity contribution in [1.82, 2.24) is 4.98 Å². The minimum atomic E-state index is -0.0359. The lowest BCUT2D eigenvalue weighted by molar-refractivity contribution is -0.984. The number of rotatable bonds is 8. The quantitative estimate of drug-likeness (QED) is 0.115. The van der Waals surface area contributed by atoms with E-state index in [1.54, 1.807) is 0 Å². The number of hydrogen-bond acceptors (Lipinski definition) is 2. The van der Waals surface area contributed by atoms with E-state index in [9.17, 15) is 0 Å². The molecule has 5 atom stereocenters. The topological polar surface area (TPSA) is 22.1 Å². The fourth-order valence-corrected chi connectivity index (χ4v) is 7.91. The second kappa shape index (κ2) is 10.3. The number of fused-ring (bicyclic) bond motifs is 7. The van der Waals surface area contributed by atoms with E-state index in [-0.39, 0.29) is 6.10 Å². The lowest BCUT2D eigenvalue weighted by Crippen LogP contribution is -2.67. The highest BCUT2D eigenvalue weighted by molar-refractivity contribution is 6.08. The summed E-state index contributed by atoms with van der Waals surface area (Å²) in [6.07, 6.45) is 8.41. The standard InChI is InChI=1S/C37H37N2O/c1-3-21-40-37(34-17-19-38-35-16-10-9-15-33(34)35)36-23-27-18-20-39(36,24-26(27)4-2)25-29-22-28-11-5-6-12-30(28)32-14-8-7-13-31(29)32/h3-17,19,22,26-27,36-37H,1-2,18,20-21,23-25H2/q+1/t26?,27?,36?,37-,39?/m1/s1. The van der Waals surface area contributed by atoms with Gasteiger partial charge in [-0.3, -0.25) is 4.98 Å². The predicted octanol–water partition coefficient (Wildman–Crippen LogP) is 8.40. The van der Waals surface area contributed by atoms with Gasteiger partial charge in [-0.05, 0) is 51.2 Å². The Labute approximate surface area is 237 Å². The number of ether oxygens (including phenoxy) is 1. The minimum absolute atomic E-state index is 0.0359. The van der Waals surface area contributed by atoms with Crippen LogP contribution in [-0.4, -0.2) is 35.2 Å². The fraction of sp³-hybridized carbons (Fsp3) is 0.270. The summed E-state index contributed by atoms with van der Waals surface area (Å²) in [6.45, 7) is 12.1. The molecular weight excluding hydrogens is 488 g/mol. The first-order chi connectivity index (χ1) is 19.7. The minimum Gasteiger partial charge on any atom is -0.363 e. The summed E-state index contributed by atoms with van der Waals surface area (Å²) in [5, 5.41) is 6.55. The molecule has 4 unspecified atom stereocenters. The van der Waals surface area contributed by atoms with Gasteiger partial charge in [-0.2, -0.15) is 0 Å². The summed E-state index contributed by atoms with van der Waals surface area (Å²) in [4.78, 5) is 4.68. The summed E-state index contributed by atoms with van der Waals surface area (Å²) in [5.41, 5.74) is 3.71. The molecular formula is C37H37N2O+. The van der Waals surface area contributed by atoms with E-state index < -0.39 is 0 Å². The summed E-state index contributed by atoms with van der Waals surface area (Å²) in [6, 6.07) is 31.2. The third kappa shape index (κ3) is 4.16. The Morgan fingerprint density at radius 3 is 2.48 bits per heavy atom. The fourth-order valence-electron chi connectivity index (χ4n) is 7.91. The van der Waals surface area contributed by atoms with Crippen LogP contribution in [0.25, 0.3) is 32.4 Å². The molecule has 0 N–H and O–H groups in total. The molecule has 8 rings (SSSR count). The molecule has 1 aromatic heterocycles. The second-order valence-electron chi connectivity index (χ2n) is 11.8. The van der Waals surface area contributed by atoms with E-state index in [0.717, 1.165) is 36.1 Å². The molecule has 0 aliphatic carbocycles. The zero-order valence-corrected chi connectivity index (χ0v) is 23.1. The third-order valence-electron chi connectivity index (χ3n) is 9.75. The van der Waals surface area contributed by atoms with Crippen molar-refractivity contribution in [3.63, 3.8) is 0 Å². The van der Waals surface area contributed by atoms with Gasteiger partial charge >= 0.3 is 0 Å². The molecule has 4 aromatic carbocycles. The molecule has 200 valence electrons. The predicted molar refractivity (Wildman–Crippen MR) is 166 cm³/mol. The number of pyridine rings is 1. The number of quaternary nitrogens is 1. The van der Waals surface area contributed by atoms with Gasteiger partial charge in [-0.1, -0.05) is 78.9 Å². The van der Waals surface area contributed by atoms with Gasteiger partial charge in [-0.25, -0.2) is 0 Å². The van der Waals surface area contributed by atoms with Crippen LogP contribution in [0.5, 0.6) is 0 Å². The van der Waals surface area contributed by atoms with E-state index in [1.165, 1.54) is 44.5 Å². The first-order valence-electron chi connectivity index (χ1n) is 14.6. The smallest absolute Gasteiger partial charge is 0.135 e. The maximum atomic E-state index is 6.78. The number of aromatic nitrogens is 1. The third-order valence-corrected chi connectivity index (χ3v) is 9.75. The van der Waals surface area contributed by atoms with Crippen LogP contribution in [0.4, 0.5) is 0 Å². The molecule has 40 heavy (non-hydrogen) atoms. The van der Waals surface area contributed by atoms with Crippen LogP contribution in [0, 0.1) is 11.8 Å². The van der Waals surface area contributed by atoms with Gasteiger partial charge in [0.25, 0.3) is 0 Å². The van der Waals surface area contributed by atoms with Gasteiger partial charge in [0.1, 0.15) is 18.7 Å². The normalized spacial score (nSPS) is 24.9. The molecule has 3 aliphatic heterocycles. The van der Waals surface area contributed by atoms with Gasteiger partial charge in [-0.15, -0.1) is 13.2 Å². The van der Waals surface area contributed by atoms with Crippen molar-refractivity contribution < 1.29 is 9.22 Å². The highest BCUT2D eigenvalue weighted by Gasteiger charge is 2.54. The van der Waals surface area contributed by atoms with Crippen molar-refractivity contribution in [3.8, 4) is 0 Å². The summed E-state index contributed by atoms with van der Waals surface area (Å²) < 4.78 is 7.80. The monoisotopic (exact) mass is 525 g/mol. The van der Waals surface area contributed by atoms with E-state index in [4.69, 9.17) is 4.74 Å². The van der Waals surface area contributed by atoms with Gasteiger partial charge in [0.05, 0.1) is 25.2 Å². The first-order valence-corrected chi connectivity index (χ1v) is 14.6. The molecule has 2 bridgehead atoms. The lowest BCUT2D eigenvalue weighted by Gasteiger charge is -2.58.